The third kappa shape index (κ3) is 1.90. The molecule has 0 bridgehead atoms. The highest BCUT2D eigenvalue weighted by Crippen LogP contribution is 2.29. The molecule has 4 heteroatoms. The molecule has 0 saturated carbocycles. The molecule has 2 rings (SSSR count). The van der Waals surface area contributed by atoms with Crippen molar-refractivity contribution >= 4 is 5.69 Å². The molecule has 1 aromatic heterocycles. The van der Waals surface area contributed by atoms with Crippen LogP contribution in [-0.4, -0.2) is 17.8 Å². The first-order chi connectivity index (χ1) is 7.17. The summed E-state index contributed by atoms with van der Waals surface area (Å²) < 4.78 is 5.09. The number of anilines is 1. The van der Waals surface area contributed by atoms with Crippen LogP contribution < -0.4 is 15.8 Å². The average Bonchev–Trinajstić information content (AvgIpc) is 2.28. The van der Waals surface area contributed by atoms with Crippen LogP contribution in [0, 0.1) is 0 Å². The van der Waals surface area contributed by atoms with Crippen molar-refractivity contribution in [2.24, 2.45) is 5.73 Å². The Hall–Kier alpha value is -1.29. The zero-order valence-electron chi connectivity index (χ0n) is 9.21. The van der Waals surface area contributed by atoms with Gasteiger partial charge >= 0.3 is 0 Å². The third-order valence-electron chi connectivity index (χ3n) is 2.98. The lowest BCUT2D eigenvalue weighted by Crippen LogP contribution is -2.49. The second-order valence-electron chi connectivity index (χ2n) is 3.98. The fourth-order valence-electron chi connectivity index (χ4n) is 1.84. The third-order valence-corrected chi connectivity index (χ3v) is 2.98. The molecule has 4 nitrogen and oxygen atoms in total. The number of hydrogen-bond acceptors (Lipinski definition) is 4. The Balaban J connectivity index is 2.28. The van der Waals surface area contributed by atoms with Gasteiger partial charge in [0.05, 0.1) is 24.2 Å². The van der Waals surface area contributed by atoms with Gasteiger partial charge < -0.3 is 15.8 Å². The molecule has 0 spiro atoms. The standard InChI is InChI=1S/C11H17N3O/c1-3-11(12)7-6-8-9(14-11)4-5-10(13-8)15-2/h4-5,14H,3,6-7,12H2,1-2H3. The van der Waals surface area contributed by atoms with Gasteiger partial charge in [0.2, 0.25) is 5.88 Å². The van der Waals surface area contributed by atoms with Crippen LogP contribution in [-0.2, 0) is 6.42 Å². The predicted octanol–water partition coefficient (Wildman–Crippen LogP) is 1.51. The van der Waals surface area contributed by atoms with E-state index < -0.39 is 0 Å². The Bertz CT molecular complexity index is 367. The maximum Gasteiger partial charge on any atom is 0.213 e. The summed E-state index contributed by atoms with van der Waals surface area (Å²) in [7, 11) is 1.63. The topological polar surface area (TPSA) is 60.2 Å². The van der Waals surface area contributed by atoms with Crippen molar-refractivity contribution in [3.8, 4) is 5.88 Å². The minimum absolute atomic E-state index is 0.275. The molecule has 0 saturated heterocycles. The molecular formula is C11H17N3O. The normalized spacial score (nSPS) is 24.2. The Morgan fingerprint density at radius 3 is 3.07 bits per heavy atom. The van der Waals surface area contributed by atoms with Gasteiger partial charge in [0.15, 0.2) is 0 Å². The Labute approximate surface area is 89.8 Å². The summed E-state index contributed by atoms with van der Waals surface area (Å²) in [6, 6.07) is 3.84. The summed E-state index contributed by atoms with van der Waals surface area (Å²) in [4.78, 5) is 4.39. The highest BCUT2D eigenvalue weighted by Gasteiger charge is 2.28. The zero-order chi connectivity index (χ0) is 10.9. The van der Waals surface area contributed by atoms with Gasteiger partial charge in [0, 0.05) is 6.07 Å². The van der Waals surface area contributed by atoms with Gasteiger partial charge in [-0.05, 0) is 25.3 Å². The summed E-state index contributed by atoms with van der Waals surface area (Å²) in [5, 5.41) is 3.33. The molecule has 1 aliphatic heterocycles. The van der Waals surface area contributed by atoms with E-state index in [-0.39, 0.29) is 5.66 Å². The number of rotatable bonds is 2. The second-order valence-corrected chi connectivity index (χ2v) is 3.98. The maximum atomic E-state index is 6.17. The molecule has 0 aliphatic carbocycles. The zero-order valence-corrected chi connectivity index (χ0v) is 9.21. The summed E-state index contributed by atoms with van der Waals surface area (Å²) >= 11 is 0. The number of aromatic nitrogens is 1. The van der Waals surface area contributed by atoms with E-state index in [1.54, 1.807) is 7.11 Å². The van der Waals surface area contributed by atoms with Crippen molar-refractivity contribution in [3.05, 3.63) is 17.8 Å². The van der Waals surface area contributed by atoms with Gasteiger partial charge in [-0.2, -0.15) is 0 Å². The van der Waals surface area contributed by atoms with Crippen molar-refractivity contribution in [1.82, 2.24) is 4.98 Å². The van der Waals surface area contributed by atoms with Crippen LogP contribution in [0.2, 0.25) is 0 Å². The highest BCUT2D eigenvalue weighted by molar-refractivity contribution is 5.53. The molecule has 3 N–H and O–H groups in total. The van der Waals surface area contributed by atoms with E-state index in [0.717, 1.165) is 30.6 Å². The smallest absolute Gasteiger partial charge is 0.213 e. The van der Waals surface area contributed by atoms with Crippen molar-refractivity contribution in [2.45, 2.75) is 31.8 Å². The lowest BCUT2D eigenvalue weighted by Gasteiger charge is -2.35. The van der Waals surface area contributed by atoms with E-state index in [1.165, 1.54) is 0 Å². The molecule has 0 fully saturated rings. The average molecular weight is 207 g/mol. The van der Waals surface area contributed by atoms with Crippen LogP contribution in [0.1, 0.15) is 25.5 Å². The first kappa shape index (κ1) is 10.2. The molecule has 0 amide bonds. The first-order valence-corrected chi connectivity index (χ1v) is 5.28. The molecule has 1 aromatic rings. The Kier molecular flexibility index (Phi) is 2.52. The lowest BCUT2D eigenvalue weighted by molar-refractivity contribution is 0.387. The van der Waals surface area contributed by atoms with Gasteiger partial charge in [-0.1, -0.05) is 6.92 Å². The predicted molar refractivity (Wildman–Crippen MR) is 59.9 cm³/mol. The van der Waals surface area contributed by atoms with Crippen LogP contribution in [0.15, 0.2) is 12.1 Å². The van der Waals surface area contributed by atoms with Gasteiger partial charge in [0.25, 0.3) is 0 Å². The highest BCUT2D eigenvalue weighted by atomic mass is 16.5. The van der Waals surface area contributed by atoms with Crippen molar-refractivity contribution in [3.63, 3.8) is 0 Å². The van der Waals surface area contributed by atoms with Crippen molar-refractivity contribution in [1.29, 1.82) is 0 Å². The van der Waals surface area contributed by atoms with E-state index in [2.05, 4.69) is 17.2 Å². The van der Waals surface area contributed by atoms with E-state index in [1.807, 2.05) is 12.1 Å². The summed E-state index contributed by atoms with van der Waals surface area (Å²) in [5.41, 5.74) is 7.98. The van der Waals surface area contributed by atoms with Crippen molar-refractivity contribution in [2.75, 3.05) is 12.4 Å². The van der Waals surface area contributed by atoms with Gasteiger partial charge in [0.1, 0.15) is 0 Å². The molecule has 1 atom stereocenters. The first-order valence-electron chi connectivity index (χ1n) is 5.28. The largest absolute Gasteiger partial charge is 0.481 e. The van der Waals surface area contributed by atoms with Crippen LogP contribution in [0.5, 0.6) is 5.88 Å². The number of hydrogen-bond donors (Lipinski definition) is 2. The van der Waals surface area contributed by atoms with Crippen LogP contribution in [0.4, 0.5) is 5.69 Å². The fraction of sp³-hybridized carbons (Fsp3) is 0.545. The molecule has 2 heterocycles. The van der Waals surface area contributed by atoms with Crippen LogP contribution in [0.3, 0.4) is 0 Å². The molecule has 15 heavy (non-hydrogen) atoms. The van der Waals surface area contributed by atoms with Crippen molar-refractivity contribution < 1.29 is 4.74 Å². The Morgan fingerprint density at radius 2 is 2.40 bits per heavy atom. The molecular weight excluding hydrogens is 190 g/mol. The number of nitrogens with zero attached hydrogens (tertiary/aromatic N) is 1. The molecule has 0 radical (unpaired) electrons. The maximum absolute atomic E-state index is 6.17. The molecule has 1 aliphatic rings. The number of aryl methyl sites for hydroxylation is 1. The summed E-state index contributed by atoms with van der Waals surface area (Å²) in [6.45, 7) is 2.09. The number of ether oxygens (including phenoxy) is 1. The van der Waals surface area contributed by atoms with Gasteiger partial charge in [-0.3, -0.25) is 0 Å². The monoisotopic (exact) mass is 207 g/mol. The second kappa shape index (κ2) is 3.70. The van der Waals surface area contributed by atoms with E-state index >= 15 is 0 Å². The Morgan fingerprint density at radius 1 is 1.60 bits per heavy atom. The quantitative estimate of drug-likeness (QED) is 0.771. The van der Waals surface area contributed by atoms with E-state index in [4.69, 9.17) is 10.5 Å². The van der Waals surface area contributed by atoms with Crippen LogP contribution >= 0.6 is 0 Å². The minimum Gasteiger partial charge on any atom is -0.481 e. The number of fused-ring (bicyclic) bond motifs is 1. The number of pyridine rings is 1. The summed E-state index contributed by atoms with van der Waals surface area (Å²) in [6.07, 6.45) is 2.74. The fourth-order valence-corrected chi connectivity index (χ4v) is 1.84. The summed E-state index contributed by atoms with van der Waals surface area (Å²) in [5.74, 6) is 0.663. The lowest BCUT2D eigenvalue weighted by atomic mass is 9.95. The number of methoxy groups -OCH3 is 1. The van der Waals surface area contributed by atoms with Crippen LogP contribution in [0.25, 0.3) is 0 Å². The number of nitrogens with two attached hydrogens (primary N) is 1. The SMILES string of the molecule is CCC1(N)CCc2nc(OC)ccc2N1. The molecule has 0 aromatic carbocycles. The molecule has 1 unspecified atom stereocenters. The minimum atomic E-state index is -0.275. The van der Waals surface area contributed by atoms with E-state index in [9.17, 15) is 0 Å². The molecule has 82 valence electrons. The number of nitrogens with one attached hydrogen (secondary N) is 1. The van der Waals surface area contributed by atoms with E-state index in [0.29, 0.717) is 5.88 Å². The van der Waals surface area contributed by atoms with Gasteiger partial charge in [-0.15, -0.1) is 0 Å². The van der Waals surface area contributed by atoms with Gasteiger partial charge in [-0.25, -0.2) is 4.98 Å².